The number of hydrogen-bond acceptors (Lipinski definition) is 3. The van der Waals surface area contributed by atoms with Gasteiger partial charge in [-0.3, -0.25) is 4.79 Å². The lowest BCUT2D eigenvalue weighted by molar-refractivity contribution is -0.145. The van der Waals surface area contributed by atoms with Crippen LogP contribution in [0.1, 0.15) is 12.8 Å². The summed E-state index contributed by atoms with van der Waals surface area (Å²) in [6, 6.07) is 5.26. The van der Waals surface area contributed by atoms with Crippen molar-refractivity contribution >= 4 is 28.6 Å². The SMILES string of the molecule is CN(C)c1nc2ccc(NC(=O)C3CC(F)(F)C3)cc2[nH]1. The van der Waals surface area contributed by atoms with E-state index in [0.29, 0.717) is 11.6 Å². The largest absolute Gasteiger partial charge is 0.349 e. The van der Waals surface area contributed by atoms with Crippen LogP contribution in [0.5, 0.6) is 0 Å². The Labute approximate surface area is 120 Å². The van der Waals surface area contributed by atoms with E-state index in [2.05, 4.69) is 15.3 Å². The fourth-order valence-electron chi connectivity index (χ4n) is 2.38. The molecule has 1 aromatic carbocycles. The molecule has 1 saturated carbocycles. The van der Waals surface area contributed by atoms with Crippen molar-refractivity contribution in [2.75, 3.05) is 24.3 Å². The molecule has 0 saturated heterocycles. The summed E-state index contributed by atoms with van der Waals surface area (Å²) < 4.78 is 25.6. The number of aromatic nitrogens is 2. The Hall–Kier alpha value is -2.18. The molecular formula is C14H16F2N4O. The molecule has 1 aliphatic rings. The van der Waals surface area contributed by atoms with Crippen molar-refractivity contribution in [3.8, 4) is 0 Å². The summed E-state index contributed by atoms with van der Waals surface area (Å²) in [4.78, 5) is 21.2. The number of anilines is 2. The van der Waals surface area contributed by atoms with Crippen molar-refractivity contribution in [1.82, 2.24) is 9.97 Å². The van der Waals surface area contributed by atoms with Crippen molar-refractivity contribution in [1.29, 1.82) is 0 Å². The maximum atomic E-state index is 12.8. The molecule has 0 atom stereocenters. The van der Waals surface area contributed by atoms with Gasteiger partial charge in [-0.15, -0.1) is 0 Å². The summed E-state index contributed by atoms with van der Waals surface area (Å²) in [5.74, 6) is -2.93. The van der Waals surface area contributed by atoms with Crippen LogP contribution in [0.2, 0.25) is 0 Å². The average molecular weight is 294 g/mol. The first-order valence-electron chi connectivity index (χ1n) is 6.70. The smallest absolute Gasteiger partial charge is 0.249 e. The number of benzene rings is 1. The average Bonchev–Trinajstić information content (AvgIpc) is 2.79. The molecule has 0 unspecified atom stereocenters. The molecule has 21 heavy (non-hydrogen) atoms. The maximum Gasteiger partial charge on any atom is 0.249 e. The van der Waals surface area contributed by atoms with Crippen LogP contribution in [0.25, 0.3) is 11.0 Å². The van der Waals surface area contributed by atoms with E-state index in [1.165, 1.54) is 0 Å². The van der Waals surface area contributed by atoms with Crippen LogP contribution in [0.4, 0.5) is 20.4 Å². The standard InChI is InChI=1S/C14H16F2N4O/c1-20(2)13-18-10-4-3-9(5-11(10)19-13)17-12(21)8-6-14(15,16)7-8/h3-5,8H,6-7H2,1-2H3,(H,17,21)(H,18,19). The quantitative estimate of drug-likeness (QED) is 0.914. The van der Waals surface area contributed by atoms with Crippen LogP contribution in [-0.4, -0.2) is 35.9 Å². The van der Waals surface area contributed by atoms with E-state index >= 15 is 0 Å². The molecule has 0 radical (unpaired) electrons. The van der Waals surface area contributed by atoms with Crippen LogP contribution < -0.4 is 10.2 Å². The van der Waals surface area contributed by atoms with Crippen molar-refractivity contribution in [2.45, 2.75) is 18.8 Å². The zero-order valence-corrected chi connectivity index (χ0v) is 11.8. The third-order valence-electron chi connectivity index (χ3n) is 3.62. The number of amides is 1. The minimum atomic E-state index is -2.68. The lowest BCUT2D eigenvalue weighted by atomic mass is 9.81. The van der Waals surface area contributed by atoms with Gasteiger partial charge in [0.25, 0.3) is 0 Å². The highest BCUT2D eigenvalue weighted by Gasteiger charge is 2.48. The van der Waals surface area contributed by atoms with Crippen LogP contribution in [-0.2, 0) is 4.79 Å². The van der Waals surface area contributed by atoms with E-state index in [1.807, 2.05) is 19.0 Å². The Balaban J connectivity index is 1.74. The molecule has 2 N–H and O–H groups in total. The lowest BCUT2D eigenvalue weighted by Gasteiger charge is -2.33. The van der Waals surface area contributed by atoms with E-state index in [0.717, 1.165) is 11.0 Å². The Morgan fingerprint density at radius 1 is 1.43 bits per heavy atom. The fraction of sp³-hybridized carbons (Fsp3) is 0.429. The van der Waals surface area contributed by atoms with Gasteiger partial charge in [0, 0.05) is 38.5 Å². The van der Waals surface area contributed by atoms with Gasteiger partial charge in [-0.1, -0.05) is 0 Å². The van der Waals surface area contributed by atoms with Crippen molar-refractivity contribution in [3.05, 3.63) is 18.2 Å². The van der Waals surface area contributed by atoms with Crippen molar-refractivity contribution in [3.63, 3.8) is 0 Å². The van der Waals surface area contributed by atoms with Gasteiger partial charge in [0.15, 0.2) is 0 Å². The van der Waals surface area contributed by atoms with Gasteiger partial charge in [-0.05, 0) is 18.2 Å². The molecular weight excluding hydrogens is 278 g/mol. The predicted molar refractivity (Wildman–Crippen MR) is 76.7 cm³/mol. The lowest BCUT2D eigenvalue weighted by Crippen LogP contribution is -2.42. The summed E-state index contributed by atoms with van der Waals surface area (Å²) in [7, 11) is 3.74. The number of H-pyrrole nitrogens is 1. The molecule has 1 fully saturated rings. The number of carbonyl (C=O) groups excluding carboxylic acids is 1. The first-order chi connectivity index (χ1) is 9.84. The van der Waals surface area contributed by atoms with Crippen LogP contribution in [0.15, 0.2) is 18.2 Å². The number of nitrogens with one attached hydrogen (secondary N) is 2. The number of nitrogens with zero attached hydrogens (tertiary/aromatic N) is 2. The summed E-state index contributed by atoms with van der Waals surface area (Å²) in [5.41, 5.74) is 2.15. The summed E-state index contributed by atoms with van der Waals surface area (Å²) in [6.45, 7) is 0. The number of carbonyl (C=O) groups is 1. The second-order valence-electron chi connectivity index (χ2n) is 5.64. The molecule has 1 heterocycles. The van der Waals surface area contributed by atoms with Crippen LogP contribution in [0, 0.1) is 5.92 Å². The molecule has 112 valence electrons. The van der Waals surface area contributed by atoms with Gasteiger partial charge in [-0.25, -0.2) is 13.8 Å². The zero-order chi connectivity index (χ0) is 15.2. The minimum absolute atomic E-state index is 0.354. The third kappa shape index (κ3) is 2.68. The van der Waals surface area contributed by atoms with Gasteiger partial charge in [0.1, 0.15) is 0 Å². The second-order valence-corrected chi connectivity index (χ2v) is 5.64. The third-order valence-corrected chi connectivity index (χ3v) is 3.62. The number of hydrogen-bond donors (Lipinski definition) is 2. The molecule has 5 nitrogen and oxygen atoms in total. The van der Waals surface area contributed by atoms with Crippen molar-refractivity contribution < 1.29 is 13.6 Å². The van der Waals surface area contributed by atoms with Crippen LogP contribution in [0.3, 0.4) is 0 Å². The Kier molecular flexibility index (Phi) is 3.07. The molecule has 0 spiro atoms. The van der Waals surface area contributed by atoms with Gasteiger partial charge in [0.05, 0.1) is 11.0 Å². The molecule has 0 bridgehead atoms. The number of imidazole rings is 1. The molecule has 2 aromatic rings. The van der Waals surface area contributed by atoms with E-state index in [1.54, 1.807) is 18.2 Å². The number of rotatable bonds is 3. The minimum Gasteiger partial charge on any atom is -0.349 e. The molecule has 1 aliphatic carbocycles. The van der Waals surface area contributed by atoms with E-state index < -0.39 is 11.8 Å². The van der Waals surface area contributed by atoms with E-state index in [-0.39, 0.29) is 18.7 Å². The zero-order valence-electron chi connectivity index (χ0n) is 11.8. The maximum absolute atomic E-state index is 12.8. The molecule has 7 heteroatoms. The molecule has 1 aromatic heterocycles. The Morgan fingerprint density at radius 2 is 2.14 bits per heavy atom. The summed E-state index contributed by atoms with van der Waals surface area (Å²) in [5, 5.41) is 2.68. The molecule has 0 aliphatic heterocycles. The number of fused-ring (bicyclic) bond motifs is 1. The Bertz CT molecular complexity index is 687. The highest BCUT2D eigenvalue weighted by Crippen LogP contribution is 2.42. The molecule has 1 amide bonds. The Morgan fingerprint density at radius 3 is 2.76 bits per heavy atom. The summed E-state index contributed by atoms with van der Waals surface area (Å²) >= 11 is 0. The monoisotopic (exact) mass is 294 g/mol. The van der Waals surface area contributed by atoms with E-state index in [4.69, 9.17) is 0 Å². The van der Waals surface area contributed by atoms with Gasteiger partial charge < -0.3 is 15.2 Å². The first kappa shape index (κ1) is 13.8. The number of aromatic amines is 1. The van der Waals surface area contributed by atoms with E-state index in [9.17, 15) is 13.6 Å². The second kappa shape index (κ2) is 4.68. The highest BCUT2D eigenvalue weighted by molar-refractivity contribution is 5.95. The number of halogens is 2. The topological polar surface area (TPSA) is 61.0 Å². The highest BCUT2D eigenvalue weighted by atomic mass is 19.3. The normalized spacial score (nSPS) is 17.5. The van der Waals surface area contributed by atoms with Gasteiger partial charge in [0.2, 0.25) is 17.8 Å². The summed E-state index contributed by atoms with van der Waals surface area (Å²) in [6.07, 6.45) is -0.730. The van der Waals surface area contributed by atoms with Gasteiger partial charge >= 0.3 is 0 Å². The fourth-order valence-corrected chi connectivity index (χ4v) is 2.38. The predicted octanol–water partition coefficient (Wildman–Crippen LogP) is 2.61. The van der Waals surface area contributed by atoms with Crippen LogP contribution >= 0.6 is 0 Å². The van der Waals surface area contributed by atoms with Crippen molar-refractivity contribution in [2.24, 2.45) is 5.92 Å². The number of alkyl halides is 2. The van der Waals surface area contributed by atoms with Gasteiger partial charge in [-0.2, -0.15) is 0 Å². The molecule has 3 rings (SSSR count). The first-order valence-corrected chi connectivity index (χ1v) is 6.70.